The molecule has 1 saturated heterocycles. The predicted molar refractivity (Wildman–Crippen MR) is 114 cm³/mol. The highest BCUT2D eigenvalue weighted by atomic mass is 32.1. The number of hydrogen-bond donors (Lipinski definition) is 0. The largest absolute Gasteiger partial charge is 0.466 e. The molecule has 0 N–H and O–H groups in total. The number of aromatic nitrogens is 2. The third-order valence-corrected chi connectivity index (χ3v) is 6.62. The molecule has 7 heteroatoms. The van der Waals surface area contributed by atoms with Crippen molar-refractivity contribution >= 4 is 33.4 Å². The van der Waals surface area contributed by atoms with Crippen molar-refractivity contribution in [3.05, 3.63) is 46.7 Å². The van der Waals surface area contributed by atoms with E-state index in [0.29, 0.717) is 37.4 Å². The number of hydrogen-bond acceptors (Lipinski definition) is 5. The number of rotatable bonds is 4. The number of thiophene rings is 1. The Labute approximate surface area is 174 Å². The highest BCUT2D eigenvalue weighted by Crippen LogP contribution is 2.36. The molecule has 6 nitrogen and oxygen atoms in total. The second-order valence-corrected chi connectivity index (χ2v) is 8.41. The number of aryl methyl sites for hydroxylation is 2. The van der Waals surface area contributed by atoms with Gasteiger partial charge in [0.05, 0.1) is 18.2 Å². The lowest BCUT2D eigenvalue weighted by molar-refractivity contribution is -0.149. The molecule has 29 heavy (non-hydrogen) atoms. The first-order chi connectivity index (χ1) is 14.0. The van der Waals surface area contributed by atoms with E-state index in [0.717, 1.165) is 27.3 Å². The van der Waals surface area contributed by atoms with Crippen LogP contribution in [-0.2, 0) is 9.53 Å². The van der Waals surface area contributed by atoms with Crippen LogP contribution in [0.5, 0.6) is 0 Å². The quantitative estimate of drug-likeness (QED) is 0.606. The Morgan fingerprint density at radius 2 is 1.86 bits per heavy atom. The Morgan fingerprint density at radius 1 is 1.17 bits per heavy atom. The van der Waals surface area contributed by atoms with Crippen LogP contribution in [0, 0.1) is 19.8 Å². The van der Waals surface area contributed by atoms with E-state index in [1.807, 2.05) is 37.8 Å². The van der Waals surface area contributed by atoms with Crippen molar-refractivity contribution in [3.8, 4) is 5.69 Å². The number of likely N-dealkylation sites (tertiary alicyclic amines) is 1. The van der Waals surface area contributed by atoms with Crippen LogP contribution in [-0.4, -0.2) is 46.0 Å². The fraction of sp³-hybridized carbons (Fsp3) is 0.409. The van der Waals surface area contributed by atoms with E-state index in [4.69, 9.17) is 4.74 Å². The van der Waals surface area contributed by atoms with E-state index in [1.165, 1.54) is 11.3 Å². The van der Waals surface area contributed by atoms with E-state index in [2.05, 4.69) is 21.7 Å². The van der Waals surface area contributed by atoms with Gasteiger partial charge in [0.1, 0.15) is 9.71 Å². The number of nitrogens with zero attached hydrogens (tertiary/aromatic N) is 3. The minimum Gasteiger partial charge on any atom is -0.466 e. The second kappa shape index (κ2) is 7.99. The molecule has 0 radical (unpaired) electrons. The minimum absolute atomic E-state index is 0.0119. The Morgan fingerprint density at radius 3 is 2.52 bits per heavy atom. The zero-order valence-electron chi connectivity index (χ0n) is 17.0. The number of esters is 1. The first-order valence-corrected chi connectivity index (χ1v) is 10.8. The predicted octanol–water partition coefficient (Wildman–Crippen LogP) is 4.12. The Bertz CT molecular complexity index is 1040. The van der Waals surface area contributed by atoms with Gasteiger partial charge < -0.3 is 14.2 Å². The number of piperidine rings is 1. The number of fused-ring (bicyclic) bond motifs is 1. The summed E-state index contributed by atoms with van der Waals surface area (Å²) in [6.07, 6.45) is 3.05. The van der Waals surface area contributed by atoms with Crippen molar-refractivity contribution in [1.29, 1.82) is 0 Å². The standard InChI is InChI=1S/C22H25N3O3S/c1-4-28-22(27)16-9-12-24(13-10-16)21(26)19-18(25-14(2)7-8-15(25)3)17-6-5-11-23-20(17)29-19/h5-8,11,16H,4,9-10,12-13H2,1-3H3. The summed E-state index contributed by atoms with van der Waals surface area (Å²) in [6.45, 7) is 7.43. The van der Waals surface area contributed by atoms with Crippen molar-refractivity contribution in [2.24, 2.45) is 5.92 Å². The molecular weight excluding hydrogens is 386 g/mol. The lowest BCUT2D eigenvalue weighted by Crippen LogP contribution is -2.40. The topological polar surface area (TPSA) is 64.4 Å². The van der Waals surface area contributed by atoms with E-state index < -0.39 is 0 Å². The van der Waals surface area contributed by atoms with Gasteiger partial charge in [-0.2, -0.15) is 0 Å². The van der Waals surface area contributed by atoms with Gasteiger partial charge in [0, 0.05) is 36.1 Å². The highest BCUT2D eigenvalue weighted by Gasteiger charge is 2.31. The smallest absolute Gasteiger partial charge is 0.309 e. The monoisotopic (exact) mass is 411 g/mol. The highest BCUT2D eigenvalue weighted by molar-refractivity contribution is 7.21. The Kier molecular flexibility index (Phi) is 5.41. The van der Waals surface area contributed by atoms with Crippen LogP contribution in [0.25, 0.3) is 15.9 Å². The van der Waals surface area contributed by atoms with Crippen LogP contribution in [0.2, 0.25) is 0 Å². The molecule has 0 spiro atoms. The number of pyridine rings is 1. The summed E-state index contributed by atoms with van der Waals surface area (Å²) in [5.74, 6) is -0.251. The van der Waals surface area contributed by atoms with Crippen LogP contribution in [0.1, 0.15) is 40.8 Å². The number of carbonyl (C=O) groups is 2. The Hall–Kier alpha value is -2.67. The van der Waals surface area contributed by atoms with Crippen molar-refractivity contribution in [2.45, 2.75) is 33.6 Å². The minimum atomic E-state index is -0.148. The zero-order chi connectivity index (χ0) is 20.5. The Balaban J connectivity index is 1.67. The van der Waals surface area contributed by atoms with Crippen LogP contribution in [0.15, 0.2) is 30.5 Å². The summed E-state index contributed by atoms with van der Waals surface area (Å²) < 4.78 is 7.28. The fourth-order valence-electron chi connectivity index (χ4n) is 4.03. The molecule has 0 atom stereocenters. The molecule has 4 rings (SSSR count). The molecule has 0 bridgehead atoms. The van der Waals surface area contributed by atoms with E-state index in [-0.39, 0.29) is 17.8 Å². The molecule has 1 aliphatic heterocycles. The SMILES string of the molecule is CCOC(=O)C1CCN(C(=O)c2sc3ncccc3c2-n2c(C)ccc2C)CC1. The third kappa shape index (κ3) is 3.55. The number of ether oxygens (including phenoxy) is 1. The van der Waals surface area contributed by atoms with Gasteiger partial charge in [-0.3, -0.25) is 9.59 Å². The van der Waals surface area contributed by atoms with Crippen molar-refractivity contribution < 1.29 is 14.3 Å². The average molecular weight is 412 g/mol. The summed E-state index contributed by atoms with van der Waals surface area (Å²) in [6, 6.07) is 8.06. The molecule has 0 aromatic carbocycles. The van der Waals surface area contributed by atoms with Crippen molar-refractivity contribution in [1.82, 2.24) is 14.5 Å². The second-order valence-electron chi connectivity index (χ2n) is 7.41. The van der Waals surface area contributed by atoms with Gasteiger partial charge in [-0.25, -0.2) is 4.98 Å². The molecule has 1 aliphatic rings. The van der Waals surface area contributed by atoms with Gasteiger partial charge in [-0.05, 0) is 57.9 Å². The summed E-state index contributed by atoms with van der Waals surface area (Å²) in [4.78, 5) is 33.4. The van der Waals surface area contributed by atoms with Crippen LogP contribution in [0.4, 0.5) is 0 Å². The van der Waals surface area contributed by atoms with Gasteiger partial charge >= 0.3 is 5.97 Å². The van der Waals surface area contributed by atoms with Crippen LogP contribution < -0.4 is 0 Å². The fourth-order valence-corrected chi connectivity index (χ4v) is 5.13. The molecule has 1 fully saturated rings. The maximum Gasteiger partial charge on any atom is 0.309 e. The summed E-state index contributed by atoms with van der Waals surface area (Å²) in [5, 5.41) is 0.990. The number of amides is 1. The first kappa shape index (κ1) is 19.6. The van der Waals surface area contributed by atoms with E-state index in [9.17, 15) is 9.59 Å². The molecule has 4 heterocycles. The molecule has 152 valence electrons. The molecule has 0 aliphatic carbocycles. The summed E-state index contributed by atoms with van der Waals surface area (Å²) in [7, 11) is 0. The maximum atomic E-state index is 13.5. The average Bonchev–Trinajstić information content (AvgIpc) is 3.27. The van der Waals surface area contributed by atoms with Gasteiger partial charge in [-0.15, -0.1) is 11.3 Å². The molecule has 1 amide bonds. The van der Waals surface area contributed by atoms with Gasteiger partial charge in [0.25, 0.3) is 5.91 Å². The maximum absolute atomic E-state index is 13.5. The normalized spacial score (nSPS) is 15.1. The van der Waals surface area contributed by atoms with Crippen LogP contribution in [0.3, 0.4) is 0 Å². The summed E-state index contributed by atoms with van der Waals surface area (Å²) in [5.41, 5.74) is 3.08. The van der Waals surface area contributed by atoms with Gasteiger partial charge in [0.2, 0.25) is 0 Å². The van der Waals surface area contributed by atoms with E-state index in [1.54, 1.807) is 6.20 Å². The van der Waals surface area contributed by atoms with Crippen molar-refractivity contribution in [3.63, 3.8) is 0 Å². The van der Waals surface area contributed by atoms with Crippen LogP contribution >= 0.6 is 11.3 Å². The molecule has 0 unspecified atom stereocenters. The summed E-state index contributed by atoms with van der Waals surface area (Å²) >= 11 is 1.44. The molecule has 3 aromatic rings. The lowest BCUT2D eigenvalue weighted by Gasteiger charge is -2.31. The van der Waals surface area contributed by atoms with Gasteiger partial charge in [0.15, 0.2) is 0 Å². The third-order valence-electron chi connectivity index (χ3n) is 5.53. The lowest BCUT2D eigenvalue weighted by atomic mass is 9.97. The number of carbonyl (C=O) groups excluding carboxylic acids is 2. The molecular formula is C22H25N3O3S. The molecule has 3 aromatic heterocycles. The zero-order valence-corrected chi connectivity index (χ0v) is 17.8. The van der Waals surface area contributed by atoms with Gasteiger partial charge in [-0.1, -0.05) is 0 Å². The first-order valence-electron chi connectivity index (χ1n) is 10.00. The van der Waals surface area contributed by atoms with E-state index >= 15 is 0 Å². The molecule has 0 saturated carbocycles. The van der Waals surface area contributed by atoms with Crippen molar-refractivity contribution in [2.75, 3.05) is 19.7 Å².